The first-order chi connectivity index (χ1) is 13.2. The number of halogens is 1. The number of hydrogen-bond acceptors (Lipinski definition) is 6. The van der Waals surface area contributed by atoms with Crippen LogP contribution in [0.3, 0.4) is 0 Å². The van der Waals surface area contributed by atoms with Crippen LogP contribution in [0.1, 0.15) is 23.0 Å². The number of rotatable bonds is 4. The molecule has 0 unspecified atom stereocenters. The topological polar surface area (TPSA) is 63.2 Å². The van der Waals surface area contributed by atoms with E-state index in [4.69, 9.17) is 23.7 Å². The Morgan fingerprint density at radius 2 is 2.04 bits per heavy atom. The van der Waals surface area contributed by atoms with Crippen molar-refractivity contribution in [3.63, 3.8) is 0 Å². The molecule has 140 valence electrons. The van der Waals surface area contributed by atoms with Crippen LogP contribution >= 0.6 is 15.9 Å². The first-order valence-corrected chi connectivity index (χ1v) is 9.26. The van der Waals surface area contributed by atoms with Crippen LogP contribution in [0.2, 0.25) is 0 Å². The Balaban J connectivity index is 1.53. The lowest BCUT2D eigenvalue weighted by Gasteiger charge is -2.28. The van der Waals surface area contributed by atoms with Gasteiger partial charge in [-0.2, -0.15) is 0 Å². The Bertz CT molecular complexity index is 864. The third-order valence-corrected chi connectivity index (χ3v) is 4.56. The van der Waals surface area contributed by atoms with E-state index in [1.54, 1.807) is 0 Å². The fraction of sp³-hybridized carbons (Fsp3) is 0.250. The highest BCUT2D eigenvalue weighted by Crippen LogP contribution is 2.38. The molecule has 2 aromatic rings. The number of benzene rings is 2. The van der Waals surface area contributed by atoms with E-state index in [0.717, 1.165) is 21.2 Å². The van der Waals surface area contributed by atoms with E-state index in [1.165, 1.54) is 6.26 Å². The van der Waals surface area contributed by atoms with Crippen LogP contribution in [-0.4, -0.2) is 19.2 Å². The van der Waals surface area contributed by atoms with Crippen LogP contribution in [-0.2, 0) is 37.0 Å². The average molecular weight is 433 g/mol. The highest BCUT2D eigenvalue weighted by Gasteiger charge is 2.26. The summed E-state index contributed by atoms with van der Waals surface area (Å²) in [4.78, 5) is 12.1. The van der Waals surface area contributed by atoms with Crippen LogP contribution in [0.4, 0.5) is 0 Å². The SMILES string of the molecule is O=C(OCc1cc(Br)cc2c1O[C@@H](c1ccccc1)OC2)C1=COCCO1. The lowest BCUT2D eigenvalue weighted by Crippen LogP contribution is -2.20. The van der Waals surface area contributed by atoms with E-state index in [9.17, 15) is 4.79 Å². The van der Waals surface area contributed by atoms with Crippen molar-refractivity contribution in [2.45, 2.75) is 19.5 Å². The summed E-state index contributed by atoms with van der Waals surface area (Å²) in [6.07, 6.45) is 0.768. The highest BCUT2D eigenvalue weighted by molar-refractivity contribution is 9.10. The molecule has 7 heteroatoms. The molecule has 0 fully saturated rings. The predicted molar refractivity (Wildman–Crippen MR) is 98.5 cm³/mol. The van der Waals surface area contributed by atoms with E-state index in [0.29, 0.717) is 25.6 Å². The minimum atomic E-state index is -0.574. The zero-order valence-electron chi connectivity index (χ0n) is 14.4. The van der Waals surface area contributed by atoms with Crippen molar-refractivity contribution in [1.82, 2.24) is 0 Å². The van der Waals surface area contributed by atoms with E-state index in [1.807, 2.05) is 42.5 Å². The van der Waals surface area contributed by atoms with Gasteiger partial charge in [0.05, 0.1) is 6.61 Å². The van der Waals surface area contributed by atoms with Gasteiger partial charge in [-0.1, -0.05) is 46.3 Å². The number of fused-ring (bicyclic) bond motifs is 1. The third kappa shape index (κ3) is 4.09. The summed E-state index contributed by atoms with van der Waals surface area (Å²) >= 11 is 3.48. The van der Waals surface area contributed by atoms with Crippen molar-refractivity contribution in [3.05, 3.63) is 75.6 Å². The second-order valence-corrected chi connectivity index (χ2v) is 6.92. The maximum atomic E-state index is 12.1. The summed E-state index contributed by atoms with van der Waals surface area (Å²) in [7, 11) is 0. The fourth-order valence-electron chi connectivity index (χ4n) is 2.85. The highest BCUT2D eigenvalue weighted by atomic mass is 79.9. The van der Waals surface area contributed by atoms with Crippen LogP contribution in [0.5, 0.6) is 5.75 Å². The van der Waals surface area contributed by atoms with Gasteiger partial charge in [0, 0.05) is 21.2 Å². The van der Waals surface area contributed by atoms with Gasteiger partial charge < -0.3 is 23.7 Å². The molecule has 0 amide bonds. The third-order valence-electron chi connectivity index (χ3n) is 4.10. The van der Waals surface area contributed by atoms with Crippen LogP contribution in [0.25, 0.3) is 0 Å². The smallest absolute Gasteiger partial charge is 0.377 e. The van der Waals surface area contributed by atoms with E-state index in [2.05, 4.69) is 15.9 Å². The zero-order valence-corrected chi connectivity index (χ0v) is 15.9. The fourth-order valence-corrected chi connectivity index (χ4v) is 3.40. The molecule has 2 aromatic carbocycles. The summed E-state index contributed by atoms with van der Waals surface area (Å²) in [6, 6.07) is 13.5. The number of carbonyl (C=O) groups excluding carboxylic acids is 1. The molecule has 0 radical (unpaired) electrons. The molecule has 2 aliphatic heterocycles. The maximum absolute atomic E-state index is 12.1. The molecule has 0 aliphatic carbocycles. The summed E-state index contributed by atoms with van der Waals surface area (Å²) in [5.41, 5.74) is 2.56. The minimum absolute atomic E-state index is 0.0445. The largest absolute Gasteiger partial charge is 0.493 e. The molecular weight excluding hydrogens is 416 g/mol. The van der Waals surface area contributed by atoms with Gasteiger partial charge in [0.25, 0.3) is 0 Å². The molecule has 0 aromatic heterocycles. The van der Waals surface area contributed by atoms with Gasteiger partial charge in [-0.3, -0.25) is 0 Å². The molecule has 1 atom stereocenters. The first kappa shape index (κ1) is 17.9. The maximum Gasteiger partial charge on any atom is 0.377 e. The Kier molecular flexibility index (Phi) is 5.31. The predicted octanol–water partition coefficient (Wildman–Crippen LogP) is 3.99. The molecule has 0 spiro atoms. The van der Waals surface area contributed by atoms with Crippen LogP contribution < -0.4 is 4.74 Å². The van der Waals surface area contributed by atoms with Crippen molar-refractivity contribution in [1.29, 1.82) is 0 Å². The standard InChI is InChI=1S/C20H17BrO6/c21-16-8-14(10-25-19(22)17-12-23-6-7-24-17)18-15(9-16)11-26-20(27-18)13-4-2-1-3-5-13/h1-5,8-9,12,20H,6-7,10-11H2/t20-/m0/s1. The molecule has 27 heavy (non-hydrogen) atoms. The molecule has 2 aliphatic rings. The average Bonchev–Trinajstić information content (AvgIpc) is 2.72. The monoisotopic (exact) mass is 432 g/mol. The van der Waals surface area contributed by atoms with Gasteiger partial charge in [-0.25, -0.2) is 4.79 Å². The Labute approximate surface area is 164 Å². The summed E-state index contributed by atoms with van der Waals surface area (Å²) < 4.78 is 28.5. The second kappa shape index (κ2) is 8.02. The van der Waals surface area contributed by atoms with E-state index in [-0.39, 0.29) is 12.4 Å². The van der Waals surface area contributed by atoms with Gasteiger partial charge in [-0.15, -0.1) is 0 Å². The molecule has 0 N–H and O–H groups in total. The van der Waals surface area contributed by atoms with Crippen molar-refractivity contribution in [2.75, 3.05) is 13.2 Å². The van der Waals surface area contributed by atoms with E-state index >= 15 is 0 Å². The van der Waals surface area contributed by atoms with Gasteiger partial charge >= 0.3 is 5.97 Å². The Hall–Kier alpha value is -2.51. The van der Waals surface area contributed by atoms with Crippen molar-refractivity contribution < 1.29 is 28.5 Å². The van der Waals surface area contributed by atoms with Crippen LogP contribution in [0, 0.1) is 0 Å². The molecule has 4 rings (SSSR count). The minimum Gasteiger partial charge on any atom is -0.493 e. The molecule has 0 saturated heterocycles. The number of hydrogen-bond donors (Lipinski definition) is 0. The van der Waals surface area contributed by atoms with Crippen molar-refractivity contribution >= 4 is 21.9 Å². The van der Waals surface area contributed by atoms with Gasteiger partial charge in [0.15, 0.2) is 0 Å². The number of esters is 1. The van der Waals surface area contributed by atoms with Crippen molar-refractivity contribution in [2.24, 2.45) is 0 Å². The number of carbonyl (C=O) groups is 1. The molecule has 2 heterocycles. The molecule has 0 saturated carbocycles. The Morgan fingerprint density at radius 3 is 2.81 bits per heavy atom. The van der Waals surface area contributed by atoms with Crippen molar-refractivity contribution in [3.8, 4) is 5.75 Å². The normalized spacial score (nSPS) is 18.3. The second-order valence-electron chi connectivity index (χ2n) is 6.00. The first-order valence-electron chi connectivity index (χ1n) is 8.47. The van der Waals surface area contributed by atoms with Crippen LogP contribution in [0.15, 0.2) is 59.0 Å². The summed E-state index contributed by atoms with van der Waals surface area (Å²) in [5, 5.41) is 0. The lowest BCUT2D eigenvalue weighted by molar-refractivity contribution is -0.146. The molecular formula is C20H17BrO6. The van der Waals surface area contributed by atoms with Gasteiger partial charge in [-0.05, 0) is 12.1 Å². The molecule has 0 bridgehead atoms. The summed E-state index contributed by atoms with van der Waals surface area (Å²) in [5.74, 6) is 0.160. The zero-order chi connectivity index (χ0) is 18.6. The lowest BCUT2D eigenvalue weighted by atomic mass is 10.1. The summed E-state index contributed by atoms with van der Waals surface area (Å²) in [6.45, 7) is 1.19. The quantitative estimate of drug-likeness (QED) is 0.680. The Morgan fingerprint density at radius 1 is 1.19 bits per heavy atom. The number of ether oxygens (including phenoxy) is 5. The molecule has 6 nitrogen and oxygen atoms in total. The van der Waals surface area contributed by atoms with Gasteiger partial charge in [0.2, 0.25) is 12.0 Å². The van der Waals surface area contributed by atoms with E-state index < -0.39 is 12.3 Å². The van der Waals surface area contributed by atoms with Gasteiger partial charge in [0.1, 0.15) is 31.8 Å².